The molecule has 6 heteroatoms. The van der Waals surface area contributed by atoms with Gasteiger partial charge in [-0.1, -0.05) is 18.5 Å². The van der Waals surface area contributed by atoms with Gasteiger partial charge in [0.25, 0.3) is 5.91 Å². The highest BCUT2D eigenvalue weighted by Gasteiger charge is 2.21. The van der Waals surface area contributed by atoms with Gasteiger partial charge in [0.05, 0.1) is 0 Å². The van der Waals surface area contributed by atoms with Gasteiger partial charge in [0.2, 0.25) is 5.91 Å². The van der Waals surface area contributed by atoms with E-state index in [2.05, 4.69) is 5.32 Å². The highest BCUT2D eigenvalue weighted by atomic mass is 35.5. The number of likely N-dealkylation sites (tertiary alicyclic amines) is 1. The minimum Gasteiger partial charge on any atom is -0.484 e. The maximum absolute atomic E-state index is 12.0. The molecule has 0 aliphatic carbocycles. The molecule has 1 saturated heterocycles. The highest BCUT2D eigenvalue weighted by Crippen LogP contribution is 2.22. The number of piperidine rings is 1. The van der Waals surface area contributed by atoms with Crippen LogP contribution in [0.2, 0.25) is 5.02 Å². The normalized spacial score (nSPS) is 15.3. The van der Waals surface area contributed by atoms with E-state index in [9.17, 15) is 9.59 Å². The number of halogens is 1. The van der Waals surface area contributed by atoms with Gasteiger partial charge in [-0.15, -0.1) is 0 Å². The molecule has 0 bridgehead atoms. The van der Waals surface area contributed by atoms with E-state index in [1.54, 1.807) is 24.0 Å². The summed E-state index contributed by atoms with van der Waals surface area (Å²) in [5, 5.41) is 3.67. The standard InChI is InChI=1S/C17H23ClN2O3/c1-3-13-10-15(4-5-16(13)18)23-11-17(22)19-14-6-8-20(9-7-14)12(2)21/h4-5,10,14H,3,6-9,11H2,1-2H3,(H,19,22). The molecule has 1 aliphatic heterocycles. The Bertz CT molecular complexity index is 569. The van der Waals surface area contributed by atoms with Crippen LogP contribution in [0.1, 0.15) is 32.3 Å². The molecule has 1 N–H and O–H groups in total. The number of hydrogen-bond acceptors (Lipinski definition) is 3. The molecule has 0 spiro atoms. The van der Waals surface area contributed by atoms with Crippen molar-refractivity contribution in [3.8, 4) is 5.75 Å². The van der Waals surface area contributed by atoms with E-state index in [0.717, 1.165) is 24.8 Å². The molecule has 126 valence electrons. The van der Waals surface area contributed by atoms with E-state index in [1.807, 2.05) is 13.0 Å². The number of ether oxygens (including phenoxy) is 1. The lowest BCUT2D eigenvalue weighted by Gasteiger charge is -2.31. The fourth-order valence-corrected chi connectivity index (χ4v) is 2.92. The Labute approximate surface area is 141 Å². The zero-order valence-corrected chi connectivity index (χ0v) is 14.4. The van der Waals surface area contributed by atoms with Crippen LogP contribution in [-0.4, -0.2) is 42.5 Å². The third-order valence-electron chi connectivity index (χ3n) is 4.07. The summed E-state index contributed by atoms with van der Waals surface area (Å²) in [5.41, 5.74) is 1.00. The van der Waals surface area contributed by atoms with Crippen molar-refractivity contribution in [2.24, 2.45) is 0 Å². The highest BCUT2D eigenvalue weighted by molar-refractivity contribution is 6.31. The minimum atomic E-state index is -0.140. The molecule has 2 rings (SSSR count). The van der Waals surface area contributed by atoms with Crippen LogP contribution in [0.5, 0.6) is 5.75 Å². The van der Waals surface area contributed by atoms with Crippen LogP contribution in [0.25, 0.3) is 0 Å². The van der Waals surface area contributed by atoms with Crippen LogP contribution in [0.15, 0.2) is 18.2 Å². The van der Waals surface area contributed by atoms with Gasteiger partial charge in [-0.05, 0) is 43.0 Å². The number of amides is 2. The summed E-state index contributed by atoms with van der Waals surface area (Å²) in [6, 6.07) is 5.52. The van der Waals surface area contributed by atoms with Crippen LogP contribution in [-0.2, 0) is 16.0 Å². The number of aryl methyl sites for hydroxylation is 1. The summed E-state index contributed by atoms with van der Waals surface area (Å²) in [6.45, 7) is 4.96. The van der Waals surface area contributed by atoms with Crippen molar-refractivity contribution in [2.45, 2.75) is 39.2 Å². The summed E-state index contributed by atoms with van der Waals surface area (Å²) < 4.78 is 5.53. The van der Waals surface area contributed by atoms with E-state index in [1.165, 1.54) is 0 Å². The van der Waals surface area contributed by atoms with Crippen molar-refractivity contribution in [1.82, 2.24) is 10.2 Å². The first-order valence-electron chi connectivity index (χ1n) is 7.95. The molecule has 1 heterocycles. The van der Waals surface area contributed by atoms with Crippen LogP contribution >= 0.6 is 11.6 Å². The molecule has 2 amide bonds. The van der Waals surface area contributed by atoms with E-state index >= 15 is 0 Å². The Hall–Kier alpha value is -1.75. The predicted molar refractivity (Wildman–Crippen MR) is 89.7 cm³/mol. The first-order chi connectivity index (χ1) is 11.0. The zero-order valence-electron chi connectivity index (χ0n) is 13.6. The van der Waals surface area contributed by atoms with Crippen molar-refractivity contribution in [3.05, 3.63) is 28.8 Å². The predicted octanol–water partition coefficient (Wildman–Crippen LogP) is 2.41. The molecule has 1 aromatic carbocycles. The second-order valence-corrected chi connectivity index (χ2v) is 6.15. The van der Waals surface area contributed by atoms with Crippen LogP contribution in [0.4, 0.5) is 0 Å². The van der Waals surface area contributed by atoms with Crippen molar-refractivity contribution >= 4 is 23.4 Å². The summed E-state index contributed by atoms with van der Waals surface area (Å²) >= 11 is 6.06. The summed E-state index contributed by atoms with van der Waals surface area (Å²) in [5.74, 6) is 0.597. The topological polar surface area (TPSA) is 58.6 Å². The number of carbonyl (C=O) groups excluding carboxylic acids is 2. The maximum atomic E-state index is 12.0. The quantitative estimate of drug-likeness (QED) is 0.897. The lowest BCUT2D eigenvalue weighted by atomic mass is 10.1. The van der Waals surface area contributed by atoms with Gasteiger partial charge in [-0.3, -0.25) is 9.59 Å². The molecule has 0 atom stereocenters. The van der Waals surface area contributed by atoms with Crippen molar-refractivity contribution in [1.29, 1.82) is 0 Å². The Balaban J connectivity index is 1.76. The molecular weight excluding hydrogens is 316 g/mol. The molecule has 23 heavy (non-hydrogen) atoms. The zero-order chi connectivity index (χ0) is 16.8. The number of hydrogen-bond donors (Lipinski definition) is 1. The molecule has 0 unspecified atom stereocenters. The van der Waals surface area contributed by atoms with E-state index < -0.39 is 0 Å². The second kappa shape index (κ2) is 8.20. The van der Waals surface area contributed by atoms with Gasteiger partial charge in [0.1, 0.15) is 5.75 Å². The van der Waals surface area contributed by atoms with Gasteiger partial charge in [-0.2, -0.15) is 0 Å². The smallest absolute Gasteiger partial charge is 0.258 e. The minimum absolute atomic E-state index is 0.0162. The molecule has 1 aromatic rings. The monoisotopic (exact) mass is 338 g/mol. The van der Waals surface area contributed by atoms with E-state index in [4.69, 9.17) is 16.3 Å². The molecule has 0 saturated carbocycles. The Kier molecular flexibility index (Phi) is 6.28. The Morgan fingerprint density at radius 2 is 2.04 bits per heavy atom. The third kappa shape index (κ3) is 5.13. The molecular formula is C17H23ClN2O3. The molecule has 0 aromatic heterocycles. The van der Waals surface area contributed by atoms with Crippen LogP contribution < -0.4 is 10.1 Å². The molecule has 5 nitrogen and oxygen atoms in total. The average Bonchev–Trinajstić information content (AvgIpc) is 2.54. The van der Waals surface area contributed by atoms with Crippen molar-refractivity contribution < 1.29 is 14.3 Å². The summed E-state index contributed by atoms with van der Waals surface area (Å²) in [6.07, 6.45) is 2.38. The van der Waals surface area contributed by atoms with Gasteiger partial charge in [-0.25, -0.2) is 0 Å². The number of nitrogens with one attached hydrogen (secondary N) is 1. The summed E-state index contributed by atoms with van der Waals surface area (Å²) in [4.78, 5) is 25.1. The van der Waals surface area contributed by atoms with Gasteiger partial charge >= 0.3 is 0 Å². The van der Waals surface area contributed by atoms with Crippen molar-refractivity contribution in [2.75, 3.05) is 19.7 Å². The lowest BCUT2D eigenvalue weighted by molar-refractivity contribution is -0.130. The van der Waals surface area contributed by atoms with E-state index in [-0.39, 0.29) is 24.5 Å². The molecule has 1 aliphatic rings. The SMILES string of the molecule is CCc1cc(OCC(=O)NC2CCN(C(C)=O)CC2)ccc1Cl. The molecule has 1 fully saturated rings. The fourth-order valence-electron chi connectivity index (χ4n) is 2.67. The second-order valence-electron chi connectivity index (χ2n) is 5.74. The van der Waals surface area contributed by atoms with Crippen molar-refractivity contribution in [3.63, 3.8) is 0 Å². The fraction of sp³-hybridized carbons (Fsp3) is 0.529. The lowest BCUT2D eigenvalue weighted by Crippen LogP contribution is -2.47. The largest absolute Gasteiger partial charge is 0.484 e. The van der Waals surface area contributed by atoms with Gasteiger partial charge in [0, 0.05) is 31.1 Å². The van der Waals surface area contributed by atoms with Gasteiger partial charge in [0.15, 0.2) is 6.61 Å². The third-order valence-corrected chi connectivity index (χ3v) is 4.44. The van der Waals surface area contributed by atoms with Gasteiger partial charge < -0.3 is 15.0 Å². The van der Waals surface area contributed by atoms with Crippen LogP contribution in [0.3, 0.4) is 0 Å². The average molecular weight is 339 g/mol. The number of nitrogens with zero attached hydrogens (tertiary/aromatic N) is 1. The summed E-state index contributed by atoms with van der Waals surface area (Å²) in [7, 11) is 0. The Morgan fingerprint density at radius 1 is 1.35 bits per heavy atom. The Morgan fingerprint density at radius 3 is 2.65 bits per heavy atom. The molecule has 0 radical (unpaired) electrons. The maximum Gasteiger partial charge on any atom is 0.258 e. The first kappa shape index (κ1) is 17.6. The first-order valence-corrected chi connectivity index (χ1v) is 8.33. The van der Waals surface area contributed by atoms with Crippen LogP contribution in [0, 0.1) is 0 Å². The number of benzene rings is 1. The number of rotatable bonds is 5. The van der Waals surface area contributed by atoms with E-state index in [0.29, 0.717) is 23.9 Å². The number of carbonyl (C=O) groups is 2.